The largest absolute Gasteiger partial charge is 0.345 e. The predicted octanol–water partition coefficient (Wildman–Crippen LogP) is 2.79. The van der Waals surface area contributed by atoms with Crippen molar-refractivity contribution in [1.82, 2.24) is 23.6 Å². The van der Waals surface area contributed by atoms with Crippen LogP contribution in [0.1, 0.15) is 5.56 Å². The van der Waals surface area contributed by atoms with E-state index in [1.807, 2.05) is 21.6 Å². The number of nitrogens with one attached hydrogen (secondary N) is 1. The smallest absolute Gasteiger partial charge is 0.332 e. The van der Waals surface area contributed by atoms with Gasteiger partial charge in [-0.15, -0.1) is 0 Å². The molecule has 0 aliphatic carbocycles. The van der Waals surface area contributed by atoms with Crippen molar-refractivity contribution in [3.8, 4) is 0 Å². The lowest BCUT2D eigenvalue weighted by atomic mass is 10.2. The van der Waals surface area contributed by atoms with E-state index in [1.54, 1.807) is 31.3 Å². The van der Waals surface area contributed by atoms with Crippen molar-refractivity contribution in [2.24, 2.45) is 14.1 Å². The molecule has 9 nitrogen and oxygen atoms in total. The molecule has 0 bridgehead atoms. The zero-order valence-corrected chi connectivity index (χ0v) is 21.9. The number of fused-ring (bicyclic) bond motifs is 1. The Kier molecular flexibility index (Phi) is 6.74. The number of piperazine rings is 1. The molecular weight excluding hydrogens is 517 g/mol. The second kappa shape index (κ2) is 9.98. The zero-order chi connectivity index (χ0) is 26.3. The topological polar surface area (TPSA) is 80.3 Å². The Balaban J connectivity index is 1.44. The average Bonchev–Trinajstić information content (AvgIpc) is 3.28. The molecule has 0 atom stereocenters. The maximum absolute atomic E-state index is 13.2. The molecule has 5 rings (SSSR count). The van der Waals surface area contributed by atoms with Crippen molar-refractivity contribution in [3.05, 3.63) is 85.8 Å². The lowest BCUT2D eigenvalue weighted by Crippen LogP contribution is -2.50. The van der Waals surface area contributed by atoms with E-state index in [4.69, 9.17) is 28.8 Å². The zero-order valence-electron chi connectivity index (χ0n) is 20.3. The first-order chi connectivity index (χ1) is 17.7. The van der Waals surface area contributed by atoms with E-state index in [-0.39, 0.29) is 5.82 Å². The van der Waals surface area contributed by atoms with Crippen LogP contribution < -0.4 is 21.5 Å². The minimum absolute atomic E-state index is 0.307. The highest BCUT2D eigenvalue weighted by Crippen LogP contribution is 2.23. The van der Waals surface area contributed by atoms with Crippen molar-refractivity contribution < 1.29 is 4.39 Å². The fourth-order valence-electron chi connectivity index (χ4n) is 4.44. The highest BCUT2D eigenvalue weighted by molar-refractivity contribution is 7.80. The molecule has 37 heavy (non-hydrogen) atoms. The van der Waals surface area contributed by atoms with E-state index in [1.165, 1.54) is 23.7 Å². The van der Waals surface area contributed by atoms with E-state index in [0.29, 0.717) is 60.0 Å². The third-order valence-corrected chi connectivity index (χ3v) is 7.14. The van der Waals surface area contributed by atoms with Gasteiger partial charge in [-0.3, -0.25) is 18.5 Å². The van der Waals surface area contributed by atoms with Crippen molar-refractivity contribution in [3.63, 3.8) is 0 Å². The summed E-state index contributed by atoms with van der Waals surface area (Å²) in [7, 11) is 3.09. The number of aromatic nitrogens is 4. The van der Waals surface area contributed by atoms with Gasteiger partial charge in [0.1, 0.15) is 5.82 Å². The second-order valence-corrected chi connectivity index (χ2v) is 9.74. The summed E-state index contributed by atoms with van der Waals surface area (Å²) in [6, 6.07) is 13.5. The van der Waals surface area contributed by atoms with Gasteiger partial charge >= 0.3 is 5.69 Å². The number of hydrogen-bond acceptors (Lipinski definition) is 5. The second-order valence-electron chi connectivity index (χ2n) is 8.91. The molecule has 0 amide bonds. The Morgan fingerprint density at radius 2 is 1.65 bits per heavy atom. The van der Waals surface area contributed by atoms with Gasteiger partial charge in [-0.05, 0) is 54.2 Å². The SMILES string of the molecule is Cn1c(=O)c2c(nc(N3CCN(C(=S)Nc4ccc(F)cc4)CC3)n2Cc2ccc(Cl)cc2)n(C)c1=O. The van der Waals surface area contributed by atoms with E-state index < -0.39 is 11.2 Å². The first-order valence-electron chi connectivity index (χ1n) is 11.7. The minimum atomic E-state index is -0.428. The molecular formula is C25H25ClFN7O2S. The van der Waals surface area contributed by atoms with Gasteiger partial charge in [0, 0.05) is 51.0 Å². The molecule has 0 radical (unpaired) electrons. The number of benzene rings is 2. The van der Waals surface area contributed by atoms with E-state index in [0.717, 1.165) is 15.8 Å². The van der Waals surface area contributed by atoms with Crippen molar-refractivity contribution >= 4 is 51.7 Å². The van der Waals surface area contributed by atoms with Crippen LogP contribution in [0.4, 0.5) is 16.0 Å². The quantitative estimate of drug-likeness (QED) is 0.398. The number of imidazole rings is 1. The normalized spacial score (nSPS) is 13.8. The van der Waals surface area contributed by atoms with Crippen LogP contribution in [0.3, 0.4) is 0 Å². The van der Waals surface area contributed by atoms with Gasteiger partial charge in [0.2, 0.25) is 5.95 Å². The van der Waals surface area contributed by atoms with Crippen LogP contribution in [0, 0.1) is 5.82 Å². The third kappa shape index (κ3) is 4.84. The molecule has 3 heterocycles. The summed E-state index contributed by atoms with van der Waals surface area (Å²) in [5, 5.41) is 4.33. The molecule has 2 aromatic heterocycles. The summed E-state index contributed by atoms with van der Waals surface area (Å²) in [4.78, 5) is 34.7. The Morgan fingerprint density at radius 1 is 1.00 bits per heavy atom. The first kappa shape index (κ1) is 25.0. The fraction of sp³-hybridized carbons (Fsp3) is 0.280. The number of thiocarbonyl (C=S) groups is 1. The molecule has 12 heteroatoms. The average molecular weight is 542 g/mol. The molecule has 1 aliphatic heterocycles. The van der Waals surface area contributed by atoms with Gasteiger partial charge in [-0.25, -0.2) is 9.18 Å². The van der Waals surface area contributed by atoms with Crippen LogP contribution >= 0.6 is 23.8 Å². The predicted molar refractivity (Wildman–Crippen MR) is 147 cm³/mol. The fourth-order valence-corrected chi connectivity index (χ4v) is 4.87. The first-order valence-corrected chi connectivity index (χ1v) is 12.5. The Bertz CT molecular complexity index is 1590. The van der Waals surface area contributed by atoms with Crippen LogP contribution in [0.15, 0.2) is 58.1 Å². The minimum Gasteiger partial charge on any atom is -0.345 e. The van der Waals surface area contributed by atoms with Gasteiger partial charge in [0.15, 0.2) is 16.3 Å². The number of hydrogen-bond donors (Lipinski definition) is 1. The molecule has 4 aromatic rings. The highest BCUT2D eigenvalue weighted by atomic mass is 35.5. The van der Waals surface area contributed by atoms with Crippen molar-refractivity contribution in [2.75, 3.05) is 36.4 Å². The van der Waals surface area contributed by atoms with Crippen LogP contribution in [-0.4, -0.2) is 54.9 Å². The number of aryl methyl sites for hydroxylation is 1. The molecule has 1 saturated heterocycles. The van der Waals surface area contributed by atoms with E-state index in [2.05, 4.69) is 10.2 Å². The van der Waals surface area contributed by atoms with Crippen molar-refractivity contribution in [1.29, 1.82) is 0 Å². The van der Waals surface area contributed by atoms with Crippen LogP contribution in [0.5, 0.6) is 0 Å². The summed E-state index contributed by atoms with van der Waals surface area (Å²) in [6.45, 7) is 2.83. The number of rotatable bonds is 4. The molecule has 192 valence electrons. The standard InChI is InChI=1S/C25H25ClFN7O2S/c1-30-21-20(22(35)31(2)25(30)36)34(15-16-3-5-17(26)6-4-16)23(29-21)32-11-13-33(14-12-32)24(37)28-19-9-7-18(27)8-10-19/h3-10H,11-15H2,1-2H3,(H,28,37). The molecule has 1 fully saturated rings. The summed E-state index contributed by atoms with van der Waals surface area (Å²) in [5.41, 5.74) is 1.55. The summed E-state index contributed by atoms with van der Waals surface area (Å²) < 4.78 is 17.6. The van der Waals surface area contributed by atoms with E-state index in [9.17, 15) is 14.0 Å². The summed E-state index contributed by atoms with van der Waals surface area (Å²) in [6.07, 6.45) is 0. The summed E-state index contributed by atoms with van der Waals surface area (Å²) in [5.74, 6) is 0.305. The number of halogens is 2. The van der Waals surface area contributed by atoms with Crippen LogP contribution in [0.25, 0.3) is 11.2 Å². The van der Waals surface area contributed by atoms with Gasteiger partial charge in [-0.1, -0.05) is 23.7 Å². The lowest BCUT2D eigenvalue weighted by Gasteiger charge is -2.36. The number of nitrogens with zero attached hydrogens (tertiary/aromatic N) is 6. The summed E-state index contributed by atoms with van der Waals surface area (Å²) >= 11 is 11.6. The number of anilines is 2. The molecule has 0 unspecified atom stereocenters. The maximum Gasteiger partial charge on any atom is 0.332 e. The van der Waals surface area contributed by atoms with Crippen LogP contribution in [-0.2, 0) is 20.6 Å². The van der Waals surface area contributed by atoms with Gasteiger partial charge in [0.05, 0.1) is 6.54 Å². The molecule has 0 saturated carbocycles. The van der Waals surface area contributed by atoms with Gasteiger partial charge in [0.25, 0.3) is 5.56 Å². The Labute approximate surface area is 222 Å². The van der Waals surface area contributed by atoms with Crippen molar-refractivity contribution in [2.45, 2.75) is 6.54 Å². The molecule has 1 aliphatic rings. The molecule has 1 N–H and O–H groups in total. The Hall–Kier alpha value is -3.70. The molecule has 2 aromatic carbocycles. The Morgan fingerprint density at radius 3 is 2.30 bits per heavy atom. The molecule has 0 spiro atoms. The van der Waals surface area contributed by atoms with Gasteiger partial charge < -0.3 is 15.1 Å². The van der Waals surface area contributed by atoms with Gasteiger partial charge in [-0.2, -0.15) is 4.98 Å². The van der Waals surface area contributed by atoms with Crippen LogP contribution in [0.2, 0.25) is 5.02 Å². The highest BCUT2D eigenvalue weighted by Gasteiger charge is 2.26. The van der Waals surface area contributed by atoms with E-state index >= 15 is 0 Å². The monoisotopic (exact) mass is 541 g/mol. The maximum atomic E-state index is 13.2. The lowest BCUT2D eigenvalue weighted by molar-refractivity contribution is 0.386. The third-order valence-electron chi connectivity index (χ3n) is 6.53.